The Morgan fingerprint density at radius 2 is 2.06 bits per heavy atom. The summed E-state index contributed by atoms with van der Waals surface area (Å²) >= 11 is 6.53. The maximum atomic E-state index is 6.53. The Hall–Kier alpha value is -0.270. The number of allylic oxidation sites excluding steroid dienone is 3. The Kier molecular flexibility index (Phi) is 6.29. The van der Waals surface area contributed by atoms with Gasteiger partial charge in [0.15, 0.2) is 0 Å². The molecular formula is C15H26ClN. The third kappa shape index (κ3) is 4.48. The van der Waals surface area contributed by atoms with Crippen LogP contribution >= 0.6 is 11.6 Å². The fourth-order valence-electron chi connectivity index (χ4n) is 2.37. The molecule has 0 bridgehead atoms. The molecule has 0 spiro atoms. The molecule has 1 nitrogen and oxygen atoms in total. The Bertz CT molecular complexity index is 304. The van der Waals surface area contributed by atoms with Crippen molar-refractivity contribution in [3.8, 4) is 0 Å². The summed E-state index contributed by atoms with van der Waals surface area (Å²) in [6, 6.07) is 0. The molecule has 0 heterocycles. The van der Waals surface area contributed by atoms with Crippen molar-refractivity contribution in [1.82, 2.24) is 5.32 Å². The predicted molar refractivity (Wildman–Crippen MR) is 77.4 cm³/mol. The van der Waals surface area contributed by atoms with Crippen LogP contribution in [0.4, 0.5) is 0 Å². The largest absolute Gasteiger partial charge is 0.316 e. The van der Waals surface area contributed by atoms with Crippen LogP contribution in [-0.4, -0.2) is 13.1 Å². The van der Waals surface area contributed by atoms with Crippen LogP contribution in [0.15, 0.2) is 22.3 Å². The van der Waals surface area contributed by atoms with Crippen molar-refractivity contribution in [2.24, 2.45) is 11.8 Å². The van der Waals surface area contributed by atoms with Crippen molar-refractivity contribution in [1.29, 1.82) is 0 Å². The van der Waals surface area contributed by atoms with Crippen molar-refractivity contribution in [3.05, 3.63) is 22.3 Å². The molecule has 2 heteroatoms. The fourth-order valence-corrected chi connectivity index (χ4v) is 2.73. The summed E-state index contributed by atoms with van der Waals surface area (Å²) in [5.74, 6) is 1.03. The van der Waals surface area contributed by atoms with Gasteiger partial charge in [0.25, 0.3) is 0 Å². The van der Waals surface area contributed by atoms with Crippen LogP contribution in [0.25, 0.3) is 0 Å². The molecule has 0 saturated heterocycles. The SMILES string of the molecule is CCCNCCC1=C(Cl)C(C)C(C)C=C(C)C1. The van der Waals surface area contributed by atoms with Crippen LogP contribution < -0.4 is 5.32 Å². The van der Waals surface area contributed by atoms with Gasteiger partial charge in [0, 0.05) is 5.03 Å². The first-order valence-electron chi connectivity index (χ1n) is 6.81. The summed E-state index contributed by atoms with van der Waals surface area (Å²) in [6.45, 7) is 11.1. The number of rotatable bonds is 5. The molecule has 0 aromatic rings. The molecule has 1 rings (SSSR count). The summed E-state index contributed by atoms with van der Waals surface area (Å²) in [7, 11) is 0. The molecule has 0 amide bonds. The smallest absolute Gasteiger partial charge is 0.0210 e. The zero-order valence-corrected chi connectivity index (χ0v) is 12.4. The Labute approximate surface area is 111 Å². The van der Waals surface area contributed by atoms with E-state index in [1.807, 2.05) is 0 Å². The quantitative estimate of drug-likeness (QED) is 0.564. The fraction of sp³-hybridized carbons (Fsp3) is 0.733. The first-order valence-corrected chi connectivity index (χ1v) is 7.19. The summed E-state index contributed by atoms with van der Waals surface area (Å²) in [5.41, 5.74) is 2.89. The van der Waals surface area contributed by atoms with E-state index < -0.39 is 0 Å². The number of nitrogens with one attached hydrogen (secondary N) is 1. The second kappa shape index (κ2) is 7.23. The van der Waals surface area contributed by atoms with E-state index in [-0.39, 0.29) is 0 Å². The third-order valence-electron chi connectivity index (χ3n) is 3.60. The topological polar surface area (TPSA) is 12.0 Å². The van der Waals surface area contributed by atoms with Gasteiger partial charge in [-0.15, -0.1) is 0 Å². The molecule has 0 saturated carbocycles. The van der Waals surface area contributed by atoms with E-state index in [2.05, 4.69) is 39.1 Å². The van der Waals surface area contributed by atoms with Crippen LogP contribution in [0.5, 0.6) is 0 Å². The van der Waals surface area contributed by atoms with Gasteiger partial charge in [-0.3, -0.25) is 0 Å². The van der Waals surface area contributed by atoms with Gasteiger partial charge in [-0.1, -0.05) is 49.6 Å². The highest BCUT2D eigenvalue weighted by molar-refractivity contribution is 6.30. The van der Waals surface area contributed by atoms with Gasteiger partial charge in [0.2, 0.25) is 0 Å². The van der Waals surface area contributed by atoms with Crippen LogP contribution in [0.3, 0.4) is 0 Å². The maximum Gasteiger partial charge on any atom is 0.0210 e. The van der Waals surface area contributed by atoms with E-state index in [0.717, 1.165) is 31.0 Å². The molecule has 2 atom stereocenters. The second-order valence-corrected chi connectivity index (χ2v) is 5.70. The first kappa shape index (κ1) is 14.8. The lowest BCUT2D eigenvalue weighted by molar-refractivity contribution is 0.545. The highest BCUT2D eigenvalue weighted by atomic mass is 35.5. The van der Waals surface area contributed by atoms with Gasteiger partial charge in [0.1, 0.15) is 0 Å². The minimum absolute atomic E-state index is 0.468. The van der Waals surface area contributed by atoms with E-state index >= 15 is 0 Å². The van der Waals surface area contributed by atoms with Crippen molar-refractivity contribution >= 4 is 11.6 Å². The normalized spacial score (nSPS) is 25.8. The molecule has 17 heavy (non-hydrogen) atoms. The van der Waals surface area contributed by atoms with Crippen molar-refractivity contribution < 1.29 is 0 Å². The van der Waals surface area contributed by atoms with E-state index in [1.54, 1.807) is 0 Å². The van der Waals surface area contributed by atoms with Gasteiger partial charge in [-0.2, -0.15) is 0 Å². The molecule has 98 valence electrons. The minimum Gasteiger partial charge on any atom is -0.316 e. The number of hydrogen-bond acceptors (Lipinski definition) is 1. The van der Waals surface area contributed by atoms with E-state index in [0.29, 0.717) is 11.8 Å². The minimum atomic E-state index is 0.468. The van der Waals surface area contributed by atoms with Gasteiger partial charge < -0.3 is 5.32 Å². The van der Waals surface area contributed by atoms with E-state index in [1.165, 1.54) is 17.6 Å². The first-order chi connectivity index (χ1) is 8.06. The zero-order chi connectivity index (χ0) is 12.8. The predicted octanol–water partition coefficient (Wildman–Crippen LogP) is 4.49. The molecule has 0 radical (unpaired) electrons. The van der Waals surface area contributed by atoms with Crippen molar-refractivity contribution in [2.75, 3.05) is 13.1 Å². The zero-order valence-electron chi connectivity index (χ0n) is 11.6. The lowest BCUT2D eigenvalue weighted by Gasteiger charge is -2.17. The molecule has 1 aliphatic carbocycles. The van der Waals surface area contributed by atoms with Crippen molar-refractivity contribution in [2.45, 2.75) is 47.0 Å². The average molecular weight is 256 g/mol. The van der Waals surface area contributed by atoms with Gasteiger partial charge in [-0.25, -0.2) is 0 Å². The standard InChI is InChI=1S/C15H26ClN/c1-5-7-17-8-6-14-10-11(2)9-12(3)13(4)15(14)16/h9,12-13,17H,5-8,10H2,1-4H3. The lowest BCUT2D eigenvalue weighted by Crippen LogP contribution is -2.17. The Morgan fingerprint density at radius 3 is 2.71 bits per heavy atom. The highest BCUT2D eigenvalue weighted by Gasteiger charge is 2.20. The molecule has 0 aromatic heterocycles. The second-order valence-electron chi connectivity index (χ2n) is 5.29. The average Bonchev–Trinajstić information content (AvgIpc) is 2.38. The van der Waals surface area contributed by atoms with Gasteiger partial charge in [-0.05, 0) is 51.1 Å². The van der Waals surface area contributed by atoms with Crippen molar-refractivity contribution in [3.63, 3.8) is 0 Å². The van der Waals surface area contributed by atoms with Crippen LogP contribution in [-0.2, 0) is 0 Å². The lowest BCUT2D eigenvalue weighted by atomic mass is 9.94. The Balaban J connectivity index is 2.64. The van der Waals surface area contributed by atoms with Crippen LogP contribution in [0, 0.1) is 11.8 Å². The summed E-state index contributed by atoms with van der Waals surface area (Å²) in [4.78, 5) is 0. The van der Waals surface area contributed by atoms with Gasteiger partial charge in [0.05, 0.1) is 0 Å². The molecule has 1 N–H and O–H groups in total. The van der Waals surface area contributed by atoms with Crippen LogP contribution in [0.1, 0.15) is 47.0 Å². The molecule has 0 aromatic carbocycles. The molecular weight excluding hydrogens is 230 g/mol. The highest BCUT2D eigenvalue weighted by Crippen LogP contribution is 2.35. The summed E-state index contributed by atoms with van der Waals surface area (Å²) < 4.78 is 0. The monoisotopic (exact) mass is 255 g/mol. The molecule has 1 aliphatic rings. The summed E-state index contributed by atoms with van der Waals surface area (Å²) in [6.07, 6.45) is 5.71. The Morgan fingerprint density at radius 1 is 1.35 bits per heavy atom. The molecule has 0 aliphatic heterocycles. The molecule has 0 fully saturated rings. The summed E-state index contributed by atoms with van der Waals surface area (Å²) in [5, 5.41) is 4.55. The molecule has 2 unspecified atom stereocenters. The number of halogens is 1. The van der Waals surface area contributed by atoms with E-state index in [4.69, 9.17) is 11.6 Å². The van der Waals surface area contributed by atoms with E-state index in [9.17, 15) is 0 Å². The number of hydrogen-bond donors (Lipinski definition) is 1. The van der Waals surface area contributed by atoms with Gasteiger partial charge >= 0.3 is 0 Å². The maximum absolute atomic E-state index is 6.53. The van der Waals surface area contributed by atoms with Crippen LogP contribution in [0.2, 0.25) is 0 Å². The third-order valence-corrected chi connectivity index (χ3v) is 4.21.